The van der Waals surface area contributed by atoms with Crippen LogP contribution < -0.4 is 16.4 Å². The van der Waals surface area contributed by atoms with Crippen molar-refractivity contribution in [1.82, 2.24) is 10.6 Å². The average Bonchev–Trinajstić information content (AvgIpc) is 2.42. The van der Waals surface area contributed by atoms with Crippen LogP contribution in [-0.4, -0.2) is 30.0 Å². The molecular weight excluding hydrogens is 281 g/mol. The fraction of sp³-hybridized carbons (Fsp3) is 0.385. The van der Waals surface area contributed by atoms with E-state index in [0.717, 1.165) is 11.3 Å². The van der Waals surface area contributed by atoms with E-state index in [2.05, 4.69) is 10.6 Å². The molecule has 1 unspecified atom stereocenters. The van der Waals surface area contributed by atoms with Crippen molar-refractivity contribution in [3.8, 4) is 0 Å². The zero-order valence-corrected chi connectivity index (χ0v) is 12.0. The highest BCUT2D eigenvalue weighted by atomic mass is 32.2. The normalized spacial score (nSPS) is 11.7. The molecule has 0 aliphatic carbocycles. The minimum absolute atomic E-state index is 0.273. The van der Waals surface area contributed by atoms with E-state index < -0.39 is 12.1 Å². The van der Waals surface area contributed by atoms with Gasteiger partial charge in [-0.25, -0.2) is 9.18 Å². The van der Waals surface area contributed by atoms with Crippen LogP contribution in [-0.2, 0) is 11.3 Å². The third-order valence-corrected chi connectivity index (χ3v) is 3.27. The molecule has 0 aliphatic rings. The summed E-state index contributed by atoms with van der Waals surface area (Å²) in [5.74, 6) is 0.102. The second-order valence-corrected chi connectivity index (χ2v) is 5.17. The molecule has 7 heteroatoms. The molecule has 0 bridgehead atoms. The summed E-state index contributed by atoms with van der Waals surface area (Å²) in [5, 5.41) is 5.11. The van der Waals surface area contributed by atoms with E-state index in [0.29, 0.717) is 6.42 Å². The smallest absolute Gasteiger partial charge is 0.312 e. The van der Waals surface area contributed by atoms with Gasteiger partial charge in [-0.05, 0) is 36.1 Å². The van der Waals surface area contributed by atoms with Gasteiger partial charge in [-0.3, -0.25) is 4.79 Å². The van der Waals surface area contributed by atoms with Crippen LogP contribution in [0.5, 0.6) is 0 Å². The van der Waals surface area contributed by atoms with Crippen LogP contribution in [0.2, 0.25) is 0 Å². The second-order valence-electron chi connectivity index (χ2n) is 4.19. The maximum atomic E-state index is 12.7. The Balaban J connectivity index is 2.51. The number of hydrogen-bond acceptors (Lipinski definition) is 3. The lowest BCUT2D eigenvalue weighted by Crippen LogP contribution is -2.48. The van der Waals surface area contributed by atoms with E-state index in [9.17, 15) is 14.0 Å². The van der Waals surface area contributed by atoms with Gasteiger partial charge in [-0.1, -0.05) is 12.1 Å². The van der Waals surface area contributed by atoms with Crippen LogP contribution in [0.3, 0.4) is 0 Å². The standard InChI is InChI=1S/C13H18FN3O2S/c1-20-7-6-11(17-13(15)19)12(18)16-8-9-2-4-10(14)5-3-9/h2-5,11H,6-8H2,1H3,(H,16,18)(H3,15,17,19). The second kappa shape index (κ2) is 8.42. The van der Waals surface area contributed by atoms with Crippen LogP contribution in [0.15, 0.2) is 24.3 Å². The molecule has 20 heavy (non-hydrogen) atoms. The lowest BCUT2D eigenvalue weighted by atomic mass is 10.2. The summed E-state index contributed by atoms with van der Waals surface area (Å²) < 4.78 is 12.7. The molecule has 4 N–H and O–H groups in total. The van der Waals surface area contributed by atoms with E-state index in [1.165, 1.54) is 12.1 Å². The zero-order chi connectivity index (χ0) is 15.0. The molecular formula is C13H18FN3O2S. The minimum atomic E-state index is -0.729. The lowest BCUT2D eigenvalue weighted by molar-refractivity contribution is -0.123. The number of carbonyl (C=O) groups excluding carboxylic acids is 2. The van der Waals surface area contributed by atoms with Gasteiger partial charge in [0.1, 0.15) is 11.9 Å². The van der Waals surface area contributed by atoms with Crippen LogP contribution in [0.4, 0.5) is 9.18 Å². The molecule has 1 aromatic rings. The molecule has 0 heterocycles. The largest absolute Gasteiger partial charge is 0.352 e. The predicted molar refractivity (Wildman–Crippen MR) is 77.8 cm³/mol. The summed E-state index contributed by atoms with van der Waals surface area (Å²) >= 11 is 1.58. The summed E-state index contributed by atoms with van der Waals surface area (Å²) in [6, 6.07) is 4.46. The van der Waals surface area contributed by atoms with Crippen molar-refractivity contribution in [2.45, 2.75) is 19.0 Å². The molecule has 0 saturated carbocycles. The number of urea groups is 1. The topological polar surface area (TPSA) is 84.2 Å². The van der Waals surface area contributed by atoms with E-state index in [1.54, 1.807) is 23.9 Å². The van der Waals surface area contributed by atoms with Gasteiger partial charge in [-0.15, -0.1) is 0 Å². The van der Waals surface area contributed by atoms with Gasteiger partial charge >= 0.3 is 6.03 Å². The number of nitrogens with one attached hydrogen (secondary N) is 2. The number of rotatable bonds is 7. The highest BCUT2D eigenvalue weighted by molar-refractivity contribution is 7.98. The van der Waals surface area contributed by atoms with Crippen molar-refractivity contribution in [2.75, 3.05) is 12.0 Å². The third kappa shape index (κ3) is 5.92. The average molecular weight is 299 g/mol. The predicted octanol–water partition coefficient (Wildman–Crippen LogP) is 1.23. The molecule has 0 saturated heterocycles. The fourth-order valence-corrected chi connectivity index (χ4v) is 2.06. The summed E-state index contributed by atoms with van der Waals surface area (Å²) in [6.07, 6.45) is 2.41. The summed E-state index contributed by atoms with van der Waals surface area (Å²) in [5.41, 5.74) is 5.83. The third-order valence-electron chi connectivity index (χ3n) is 2.62. The Morgan fingerprint density at radius 1 is 1.35 bits per heavy atom. The SMILES string of the molecule is CSCCC(NC(N)=O)C(=O)NCc1ccc(F)cc1. The first-order valence-corrected chi connectivity index (χ1v) is 7.49. The van der Waals surface area contributed by atoms with Crippen molar-refractivity contribution in [1.29, 1.82) is 0 Å². The molecule has 1 atom stereocenters. The molecule has 0 spiro atoms. The van der Waals surface area contributed by atoms with E-state index in [4.69, 9.17) is 5.73 Å². The van der Waals surface area contributed by atoms with E-state index in [1.807, 2.05) is 6.26 Å². The quantitative estimate of drug-likeness (QED) is 0.708. The monoisotopic (exact) mass is 299 g/mol. The summed E-state index contributed by atoms with van der Waals surface area (Å²) in [7, 11) is 0. The number of amides is 3. The summed E-state index contributed by atoms with van der Waals surface area (Å²) in [4.78, 5) is 22.8. The van der Waals surface area contributed by atoms with E-state index >= 15 is 0 Å². The Hall–Kier alpha value is -1.76. The minimum Gasteiger partial charge on any atom is -0.352 e. The number of halogens is 1. The van der Waals surface area contributed by atoms with Crippen LogP contribution in [0.25, 0.3) is 0 Å². The van der Waals surface area contributed by atoms with Crippen molar-refractivity contribution in [3.05, 3.63) is 35.6 Å². The number of hydrogen-bond donors (Lipinski definition) is 3. The highest BCUT2D eigenvalue weighted by Crippen LogP contribution is 2.04. The number of benzene rings is 1. The number of primary amides is 1. The highest BCUT2D eigenvalue weighted by Gasteiger charge is 2.18. The fourth-order valence-electron chi connectivity index (χ4n) is 1.59. The Kier molecular flexibility index (Phi) is 6.86. The molecule has 5 nitrogen and oxygen atoms in total. The van der Waals surface area contributed by atoms with Gasteiger partial charge in [0.25, 0.3) is 0 Å². The summed E-state index contributed by atoms with van der Waals surface area (Å²) in [6.45, 7) is 0.273. The molecule has 0 fully saturated rings. The van der Waals surface area contributed by atoms with Gasteiger partial charge in [0, 0.05) is 6.54 Å². The molecule has 1 rings (SSSR count). The molecule has 0 aromatic heterocycles. The number of nitrogens with two attached hydrogens (primary N) is 1. The van der Waals surface area contributed by atoms with Gasteiger partial charge in [0.05, 0.1) is 0 Å². The van der Waals surface area contributed by atoms with Gasteiger partial charge in [-0.2, -0.15) is 11.8 Å². The molecule has 0 radical (unpaired) electrons. The maximum absolute atomic E-state index is 12.7. The van der Waals surface area contributed by atoms with Crippen LogP contribution in [0, 0.1) is 5.82 Å². The van der Waals surface area contributed by atoms with E-state index in [-0.39, 0.29) is 18.3 Å². The Bertz CT molecular complexity index is 453. The molecule has 1 aromatic carbocycles. The first kappa shape index (κ1) is 16.3. The van der Waals surface area contributed by atoms with Gasteiger partial charge in [0.2, 0.25) is 5.91 Å². The molecule has 0 aliphatic heterocycles. The van der Waals surface area contributed by atoms with Crippen molar-refractivity contribution in [2.24, 2.45) is 5.73 Å². The van der Waals surface area contributed by atoms with Crippen LogP contribution in [0.1, 0.15) is 12.0 Å². The lowest BCUT2D eigenvalue weighted by Gasteiger charge is -2.16. The van der Waals surface area contributed by atoms with Gasteiger partial charge < -0.3 is 16.4 Å². The van der Waals surface area contributed by atoms with Crippen molar-refractivity contribution >= 4 is 23.7 Å². The Morgan fingerprint density at radius 2 is 2.00 bits per heavy atom. The Morgan fingerprint density at radius 3 is 2.55 bits per heavy atom. The van der Waals surface area contributed by atoms with Crippen molar-refractivity contribution in [3.63, 3.8) is 0 Å². The number of thioether (sulfide) groups is 1. The van der Waals surface area contributed by atoms with Crippen molar-refractivity contribution < 1.29 is 14.0 Å². The Labute approximate surface area is 121 Å². The molecule has 3 amide bonds. The first-order valence-electron chi connectivity index (χ1n) is 6.10. The maximum Gasteiger partial charge on any atom is 0.312 e. The number of carbonyl (C=O) groups is 2. The first-order chi connectivity index (χ1) is 9.52. The molecule has 110 valence electrons. The van der Waals surface area contributed by atoms with Crippen LogP contribution >= 0.6 is 11.8 Å². The van der Waals surface area contributed by atoms with Gasteiger partial charge in [0.15, 0.2) is 0 Å². The zero-order valence-electron chi connectivity index (χ0n) is 11.2.